The minimum Gasteiger partial charge on any atom is -0.444 e. The molecule has 166 valence electrons. The maximum atomic E-state index is 12.6. The summed E-state index contributed by atoms with van der Waals surface area (Å²) in [5.41, 5.74) is 1.90. The lowest BCUT2D eigenvalue weighted by Gasteiger charge is -2.44. The van der Waals surface area contributed by atoms with Crippen molar-refractivity contribution >= 4 is 45.6 Å². The van der Waals surface area contributed by atoms with Gasteiger partial charge in [-0.3, -0.25) is 5.41 Å². The molecule has 2 aliphatic rings. The second-order valence-corrected chi connectivity index (χ2v) is 11.4. The number of H-pyrrole nitrogens is 1. The number of amidine groups is 1. The average Bonchev–Trinajstić information content (AvgIpc) is 3.22. The van der Waals surface area contributed by atoms with Gasteiger partial charge in [-0.1, -0.05) is 24.3 Å². The van der Waals surface area contributed by atoms with E-state index < -0.39 is 5.60 Å². The Morgan fingerprint density at radius 1 is 1.35 bits per heavy atom. The first-order valence-corrected chi connectivity index (χ1v) is 12.3. The highest BCUT2D eigenvalue weighted by Gasteiger charge is 2.48. The van der Waals surface area contributed by atoms with Gasteiger partial charge >= 0.3 is 6.09 Å². The van der Waals surface area contributed by atoms with E-state index in [9.17, 15) is 4.79 Å². The van der Waals surface area contributed by atoms with E-state index in [0.29, 0.717) is 5.17 Å². The number of amides is 1. The quantitative estimate of drug-likeness (QED) is 0.212. The van der Waals surface area contributed by atoms with Crippen LogP contribution in [0, 0.1) is 14.5 Å². The minimum atomic E-state index is -0.533. The number of likely N-dealkylation sites (tertiary alicyclic amines) is 1. The number of carbonyl (C=O) groups excluding carboxylic acids is 1. The molecule has 1 saturated heterocycles. The molecule has 0 radical (unpaired) electrons. The van der Waals surface area contributed by atoms with Crippen molar-refractivity contribution in [1.29, 1.82) is 5.41 Å². The number of aromatic amines is 1. The van der Waals surface area contributed by atoms with Gasteiger partial charge in [0.25, 0.3) is 0 Å². The van der Waals surface area contributed by atoms with E-state index in [1.54, 1.807) is 6.20 Å². The number of thioether (sulfide) groups is 1. The number of imidazole rings is 1. The van der Waals surface area contributed by atoms with Crippen LogP contribution in [0.4, 0.5) is 4.79 Å². The van der Waals surface area contributed by atoms with Gasteiger partial charge in [-0.05, 0) is 85.5 Å². The Bertz CT molecular complexity index is 978. The minimum absolute atomic E-state index is 0.0535. The van der Waals surface area contributed by atoms with Gasteiger partial charge in [-0.25, -0.2) is 9.78 Å². The first-order valence-electron chi connectivity index (χ1n) is 10.4. The zero-order chi connectivity index (χ0) is 22.2. The van der Waals surface area contributed by atoms with Gasteiger partial charge in [0.1, 0.15) is 5.60 Å². The van der Waals surface area contributed by atoms with Gasteiger partial charge in [-0.15, -0.1) is 0 Å². The number of nitrogens with one attached hydrogen (secondary N) is 3. The fraction of sp³-hybridized carbons (Fsp3) is 0.500. The molecular formula is C22H28IN5O2S. The largest absolute Gasteiger partial charge is 0.444 e. The molecule has 31 heavy (non-hydrogen) atoms. The van der Waals surface area contributed by atoms with Crippen LogP contribution in [0.1, 0.15) is 50.8 Å². The lowest BCUT2D eigenvalue weighted by atomic mass is 9.73. The van der Waals surface area contributed by atoms with Gasteiger partial charge in [0.2, 0.25) is 0 Å². The lowest BCUT2D eigenvalue weighted by Crippen LogP contribution is -2.48. The Morgan fingerprint density at radius 2 is 2.06 bits per heavy atom. The molecule has 0 saturated carbocycles. The van der Waals surface area contributed by atoms with Crippen molar-refractivity contribution in [3.05, 3.63) is 45.3 Å². The lowest BCUT2D eigenvalue weighted by molar-refractivity contribution is 0.0393. The average molecular weight is 553 g/mol. The maximum Gasteiger partial charge on any atom is 0.408 e. The number of rotatable bonds is 2. The van der Waals surface area contributed by atoms with Crippen molar-refractivity contribution < 1.29 is 9.53 Å². The summed E-state index contributed by atoms with van der Waals surface area (Å²) in [7, 11) is 0. The van der Waals surface area contributed by atoms with Crippen LogP contribution in [0.25, 0.3) is 0 Å². The molecule has 1 aliphatic carbocycles. The van der Waals surface area contributed by atoms with Crippen LogP contribution in [0.15, 0.2) is 35.6 Å². The molecule has 1 atom stereocenters. The topological polar surface area (TPSA) is 94.1 Å². The van der Waals surface area contributed by atoms with E-state index in [2.05, 4.69) is 61.0 Å². The number of hydrogen-bond acceptors (Lipinski definition) is 5. The monoisotopic (exact) mass is 553 g/mol. The molecule has 7 nitrogen and oxygen atoms in total. The van der Waals surface area contributed by atoms with E-state index in [-0.39, 0.29) is 17.6 Å². The summed E-state index contributed by atoms with van der Waals surface area (Å²) in [4.78, 5) is 22.2. The van der Waals surface area contributed by atoms with Gasteiger partial charge < -0.3 is 19.9 Å². The summed E-state index contributed by atoms with van der Waals surface area (Å²) < 4.78 is 6.53. The first-order chi connectivity index (χ1) is 14.7. The first kappa shape index (κ1) is 22.4. The fourth-order valence-corrected chi connectivity index (χ4v) is 5.89. The zero-order valence-corrected chi connectivity index (χ0v) is 21.0. The molecule has 9 heteroatoms. The van der Waals surface area contributed by atoms with E-state index in [4.69, 9.17) is 10.1 Å². The Kier molecular flexibility index (Phi) is 6.26. The molecule has 3 N–H and O–H groups in total. The predicted octanol–water partition coefficient (Wildman–Crippen LogP) is 4.95. The van der Waals surface area contributed by atoms with Gasteiger partial charge in [-0.2, -0.15) is 0 Å². The third-order valence-electron chi connectivity index (χ3n) is 5.94. The third kappa shape index (κ3) is 5.02. The number of piperidine rings is 1. The van der Waals surface area contributed by atoms with Crippen LogP contribution in [0.3, 0.4) is 0 Å². The second-order valence-electron chi connectivity index (χ2n) is 9.25. The standard InChI is InChI=1S/C22H28IN5O2S/c1-21(2,3)30-20(29)27-17-15-7-5-4-6-14(15)12-22(17)8-10-28(11-9-22)18(24)31-19-25-13-16(23)26-19/h4-7,13,17,24H,8-12H2,1-3H3,(H,25,26)(H,27,29)/t17-/m1/s1. The van der Waals surface area contributed by atoms with E-state index in [1.807, 2.05) is 26.8 Å². The number of carbonyl (C=O) groups is 1. The van der Waals surface area contributed by atoms with Crippen molar-refractivity contribution in [3.63, 3.8) is 0 Å². The smallest absolute Gasteiger partial charge is 0.408 e. The van der Waals surface area contributed by atoms with Gasteiger partial charge in [0, 0.05) is 18.5 Å². The normalized spacial score (nSPS) is 19.9. The molecule has 1 aromatic heterocycles. The van der Waals surface area contributed by atoms with E-state index >= 15 is 0 Å². The van der Waals surface area contributed by atoms with Crippen molar-refractivity contribution in [1.82, 2.24) is 20.2 Å². The van der Waals surface area contributed by atoms with E-state index in [1.165, 1.54) is 22.9 Å². The van der Waals surface area contributed by atoms with Gasteiger partial charge in [0.05, 0.1) is 15.9 Å². The molecule has 0 bridgehead atoms. The highest BCUT2D eigenvalue weighted by Crippen LogP contribution is 2.52. The number of ether oxygens (including phenoxy) is 1. The second kappa shape index (κ2) is 8.65. The van der Waals surface area contributed by atoms with Crippen molar-refractivity contribution in [2.24, 2.45) is 5.41 Å². The summed E-state index contributed by atoms with van der Waals surface area (Å²) in [5, 5.41) is 13.0. The van der Waals surface area contributed by atoms with Crippen LogP contribution in [-0.2, 0) is 11.2 Å². The molecule has 0 unspecified atom stereocenters. The van der Waals surface area contributed by atoms with Crippen LogP contribution in [0.5, 0.6) is 0 Å². The van der Waals surface area contributed by atoms with Crippen LogP contribution >= 0.6 is 34.4 Å². The summed E-state index contributed by atoms with van der Waals surface area (Å²) >= 11 is 3.54. The van der Waals surface area contributed by atoms with Crippen LogP contribution in [-0.4, -0.2) is 44.8 Å². The number of halogens is 1. The van der Waals surface area contributed by atoms with Crippen LogP contribution < -0.4 is 5.32 Å². The van der Waals surface area contributed by atoms with Crippen molar-refractivity contribution in [2.75, 3.05) is 13.1 Å². The Balaban J connectivity index is 1.47. The molecule has 1 spiro atoms. The highest BCUT2D eigenvalue weighted by molar-refractivity contribution is 14.1. The zero-order valence-electron chi connectivity index (χ0n) is 18.0. The number of hydrogen-bond donors (Lipinski definition) is 3. The number of aromatic nitrogens is 2. The molecule has 2 heterocycles. The summed E-state index contributed by atoms with van der Waals surface area (Å²) in [6.45, 7) is 7.21. The van der Waals surface area contributed by atoms with Gasteiger partial charge in [0.15, 0.2) is 10.3 Å². The maximum absolute atomic E-state index is 12.6. The summed E-state index contributed by atoms with van der Waals surface area (Å²) in [6, 6.07) is 8.31. The number of fused-ring (bicyclic) bond motifs is 1. The fourth-order valence-electron chi connectivity index (χ4n) is 4.55. The highest BCUT2D eigenvalue weighted by atomic mass is 127. The molecule has 1 fully saturated rings. The number of alkyl carbamates (subject to hydrolysis) is 1. The molecule has 1 aromatic carbocycles. The number of nitrogens with zero attached hydrogens (tertiary/aromatic N) is 2. The Labute approximate surface area is 200 Å². The van der Waals surface area contributed by atoms with Crippen molar-refractivity contribution in [3.8, 4) is 0 Å². The molecule has 4 rings (SSSR count). The molecule has 1 aliphatic heterocycles. The van der Waals surface area contributed by atoms with Crippen LogP contribution in [0.2, 0.25) is 0 Å². The molecule has 1 amide bonds. The third-order valence-corrected chi connectivity index (χ3v) is 7.34. The summed E-state index contributed by atoms with van der Waals surface area (Å²) in [6.07, 6.45) is 4.15. The number of benzene rings is 1. The Hall–Kier alpha value is -1.75. The SMILES string of the molecule is CC(C)(C)OC(=O)N[C@@H]1c2ccccc2CC12CCN(C(=N)Sc1ncc(I)[nH]1)CC2. The predicted molar refractivity (Wildman–Crippen MR) is 130 cm³/mol. The van der Waals surface area contributed by atoms with E-state index in [0.717, 1.165) is 41.2 Å². The Morgan fingerprint density at radius 3 is 2.71 bits per heavy atom. The van der Waals surface area contributed by atoms with Crippen molar-refractivity contribution in [2.45, 2.75) is 56.8 Å². The summed E-state index contributed by atoms with van der Waals surface area (Å²) in [5.74, 6) is 0. The molecule has 2 aromatic rings. The molecular weight excluding hydrogens is 525 g/mol.